The first-order chi connectivity index (χ1) is 9.58. The minimum absolute atomic E-state index is 0.00953. The molecule has 0 aromatic carbocycles. The molecule has 4 nitrogen and oxygen atoms in total. The molecule has 114 valence electrons. The number of hydrogen-bond acceptors (Lipinski definition) is 5. The van der Waals surface area contributed by atoms with Crippen LogP contribution in [-0.4, -0.2) is 48.4 Å². The van der Waals surface area contributed by atoms with E-state index >= 15 is 0 Å². The molecule has 1 aliphatic rings. The summed E-state index contributed by atoms with van der Waals surface area (Å²) < 4.78 is 5.20. The molecule has 0 spiro atoms. The Bertz CT molecular complexity index is 416. The van der Waals surface area contributed by atoms with Gasteiger partial charge in [-0.15, -0.1) is 11.3 Å². The zero-order valence-corrected chi connectivity index (χ0v) is 13.6. The molecule has 1 saturated heterocycles. The summed E-state index contributed by atoms with van der Waals surface area (Å²) in [7, 11) is 1.73. The minimum atomic E-state index is 0.00953. The molecule has 1 aliphatic heterocycles. The van der Waals surface area contributed by atoms with E-state index in [0.717, 1.165) is 51.2 Å². The third-order valence-electron chi connectivity index (χ3n) is 4.34. The first kappa shape index (κ1) is 15.9. The lowest BCUT2D eigenvalue weighted by molar-refractivity contribution is 0.00473. The number of aliphatic hydroxyl groups is 1. The zero-order valence-electron chi connectivity index (χ0n) is 12.8. The third-order valence-corrected chi connectivity index (χ3v) is 5.40. The molecule has 0 bridgehead atoms. The van der Waals surface area contributed by atoms with Crippen LogP contribution in [0.15, 0.2) is 0 Å². The van der Waals surface area contributed by atoms with Crippen LogP contribution in [0, 0.1) is 19.3 Å². The van der Waals surface area contributed by atoms with E-state index in [0.29, 0.717) is 0 Å². The summed E-state index contributed by atoms with van der Waals surface area (Å²) in [6, 6.07) is 0. The van der Waals surface area contributed by atoms with Gasteiger partial charge in [-0.2, -0.15) is 0 Å². The number of piperidine rings is 1. The van der Waals surface area contributed by atoms with Gasteiger partial charge in [0.1, 0.15) is 5.01 Å². The van der Waals surface area contributed by atoms with E-state index in [9.17, 15) is 5.11 Å². The van der Waals surface area contributed by atoms with Crippen LogP contribution in [0.4, 0.5) is 0 Å². The molecule has 1 aromatic rings. The van der Waals surface area contributed by atoms with Crippen molar-refractivity contribution in [3.8, 4) is 0 Å². The molecule has 20 heavy (non-hydrogen) atoms. The molecule has 1 fully saturated rings. The highest BCUT2D eigenvalue weighted by Gasteiger charge is 2.34. The van der Waals surface area contributed by atoms with Gasteiger partial charge in [0, 0.05) is 30.6 Å². The Hall–Kier alpha value is -0.490. The summed E-state index contributed by atoms with van der Waals surface area (Å²) in [5, 5.41) is 11.0. The Morgan fingerprint density at radius 3 is 2.85 bits per heavy atom. The highest BCUT2D eigenvalue weighted by atomic mass is 32.1. The lowest BCUT2D eigenvalue weighted by Gasteiger charge is -2.41. The number of hydrogen-bond donors (Lipinski definition) is 1. The van der Waals surface area contributed by atoms with Gasteiger partial charge in [-0.05, 0) is 39.7 Å². The maximum absolute atomic E-state index is 9.81. The summed E-state index contributed by atoms with van der Waals surface area (Å²) in [5.74, 6) is 0. The lowest BCUT2D eigenvalue weighted by Crippen LogP contribution is -2.45. The Morgan fingerprint density at radius 2 is 2.25 bits per heavy atom. The average molecular weight is 298 g/mol. The van der Waals surface area contributed by atoms with Crippen LogP contribution in [0.2, 0.25) is 0 Å². The standard InChI is InChI=1S/C15H26N2O2S/c1-12-13(2)20-14(16-12)9-17-7-4-5-15(10-17,11-18)6-8-19-3/h18H,4-11H2,1-3H3/t15-/m1/s1. The van der Waals surface area contributed by atoms with Crippen LogP contribution in [0.3, 0.4) is 0 Å². The van der Waals surface area contributed by atoms with Gasteiger partial charge in [0.2, 0.25) is 0 Å². The minimum Gasteiger partial charge on any atom is -0.396 e. The van der Waals surface area contributed by atoms with Crippen LogP contribution < -0.4 is 0 Å². The van der Waals surface area contributed by atoms with E-state index in [1.165, 1.54) is 9.88 Å². The first-order valence-electron chi connectivity index (χ1n) is 7.34. The van der Waals surface area contributed by atoms with Crippen LogP contribution >= 0.6 is 11.3 Å². The maximum Gasteiger partial charge on any atom is 0.107 e. The molecular weight excluding hydrogens is 272 g/mol. The highest BCUT2D eigenvalue weighted by Crippen LogP contribution is 2.34. The van der Waals surface area contributed by atoms with Gasteiger partial charge in [-0.25, -0.2) is 4.98 Å². The number of ether oxygens (including phenoxy) is 1. The number of aliphatic hydroxyl groups excluding tert-OH is 1. The Morgan fingerprint density at radius 1 is 1.45 bits per heavy atom. The van der Waals surface area contributed by atoms with Crippen LogP contribution in [-0.2, 0) is 11.3 Å². The van der Waals surface area contributed by atoms with Gasteiger partial charge >= 0.3 is 0 Å². The molecule has 5 heteroatoms. The summed E-state index contributed by atoms with van der Waals surface area (Å²) in [4.78, 5) is 8.38. The number of rotatable bonds is 6. The molecule has 0 amide bonds. The van der Waals surface area contributed by atoms with Crippen molar-refractivity contribution in [3.05, 3.63) is 15.6 Å². The van der Waals surface area contributed by atoms with Crippen molar-refractivity contribution in [3.63, 3.8) is 0 Å². The summed E-state index contributed by atoms with van der Waals surface area (Å²) in [6.07, 6.45) is 3.18. The topological polar surface area (TPSA) is 45.6 Å². The fourth-order valence-corrected chi connectivity index (χ4v) is 3.95. The zero-order chi connectivity index (χ0) is 14.6. The molecule has 1 atom stereocenters. The van der Waals surface area contributed by atoms with Gasteiger partial charge in [-0.3, -0.25) is 4.90 Å². The number of nitrogens with zero attached hydrogens (tertiary/aromatic N) is 2. The SMILES string of the molecule is COCC[C@]1(CO)CCCN(Cc2nc(C)c(C)s2)C1. The van der Waals surface area contributed by atoms with E-state index in [1.54, 1.807) is 18.4 Å². The number of aryl methyl sites for hydroxylation is 2. The van der Waals surface area contributed by atoms with Crippen molar-refractivity contribution in [2.45, 2.75) is 39.7 Å². The van der Waals surface area contributed by atoms with E-state index in [-0.39, 0.29) is 12.0 Å². The van der Waals surface area contributed by atoms with Gasteiger partial charge in [-0.1, -0.05) is 0 Å². The molecule has 2 rings (SSSR count). The van der Waals surface area contributed by atoms with Gasteiger partial charge in [0.25, 0.3) is 0 Å². The second kappa shape index (κ2) is 6.98. The largest absolute Gasteiger partial charge is 0.396 e. The smallest absolute Gasteiger partial charge is 0.107 e. The third kappa shape index (κ3) is 3.79. The monoisotopic (exact) mass is 298 g/mol. The number of aromatic nitrogens is 1. The van der Waals surface area contributed by atoms with Crippen LogP contribution in [0.1, 0.15) is 34.8 Å². The predicted octanol–water partition coefficient (Wildman–Crippen LogP) is 2.37. The van der Waals surface area contributed by atoms with E-state index in [4.69, 9.17) is 4.74 Å². The highest BCUT2D eigenvalue weighted by molar-refractivity contribution is 7.11. The summed E-state index contributed by atoms with van der Waals surface area (Å²) in [5.41, 5.74) is 1.16. The molecule has 0 radical (unpaired) electrons. The molecule has 2 heterocycles. The number of likely N-dealkylation sites (tertiary alicyclic amines) is 1. The Labute approximate surface area is 125 Å². The molecule has 0 unspecified atom stereocenters. The lowest BCUT2D eigenvalue weighted by atomic mass is 9.78. The van der Waals surface area contributed by atoms with Crippen LogP contribution in [0.5, 0.6) is 0 Å². The first-order valence-corrected chi connectivity index (χ1v) is 8.15. The van der Waals surface area contributed by atoms with Crippen molar-refractivity contribution < 1.29 is 9.84 Å². The van der Waals surface area contributed by atoms with Crippen molar-refractivity contribution >= 4 is 11.3 Å². The Kier molecular flexibility index (Phi) is 5.55. The fraction of sp³-hybridized carbons (Fsp3) is 0.800. The van der Waals surface area contributed by atoms with Gasteiger partial charge in [0.05, 0.1) is 18.8 Å². The normalized spacial score (nSPS) is 24.2. The number of methoxy groups -OCH3 is 1. The van der Waals surface area contributed by atoms with Crippen LogP contribution in [0.25, 0.3) is 0 Å². The predicted molar refractivity (Wildman–Crippen MR) is 82.1 cm³/mol. The van der Waals surface area contributed by atoms with Gasteiger partial charge < -0.3 is 9.84 Å². The average Bonchev–Trinajstić information content (AvgIpc) is 2.75. The molecule has 0 aliphatic carbocycles. The number of thiazole rings is 1. The quantitative estimate of drug-likeness (QED) is 0.876. The molecule has 1 aromatic heterocycles. The van der Waals surface area contributed by atoms with Crippen molar-refractivity contribution in [1.82, 2.24) is 9.88 Å². The maximum atomic E-state index is 9.81. The van der Waals surface area contributed by atoms with Gasteiger partial charge in [0.15, 0.2) is 0 Å². The fourth-order valence-electron chi connectivity index (χ4n) is 2.97. The Balaban J connectivity index is 1.98. The van der Waals surface area contributed by atoms with Crippen molar-refractivity contribution in [2.75, 3.05) is 33.4 Å². The second-order valence-electron chi connectivity index (χ2n) is 5.96. The van der Waals surface area contributed by atoms with E-state index < -0.39 is 0 Å². The van der Waals surface area contributed by atoms with E-state index in [1.807, 2.05) is 0 Å². The molecular formula is C15H26N2O2S. The molecule has 1 N–H and O–H groups in total. The summed E-state index contributed by atoms with van der Waals surface area (Å²) >= 11 is 1.79. The molecule has 0 saturated carbocycles. The summed E-state index contributed by atoms with van der Waals surface area (Å²) in [6.45, 7) is 8.14. The van der Waals surface area contributed by atoms with Crippen molar-refractivity contribution in [1.29, 1.82) is 0 Å². The second-order valence-corrected chi connectivity index (χ2v) is 7.25. The van der Waals surface area contributed by atoms with Crippen molar-refractivity contribution in [2.24, 2.45) is 5.41 Å². The van der Waals surface area contributed by atoms with E-state index in [2.05, 4.69) is 23.7 Å².